The van der Waals surface area contributed by atoms with Gasteiger partial charge in [0.05, 0.1) is 12.7 Å². The lowest BCUT2D eigenvalue weighted by molar-refractivity contribution is 0.136. The second kappa shape index (κ2) is 5.85. The molecule has 2 atom stereocenters. The van der Waals surface area contributed by atoms with Crippen molar-refractivity contribution in [1.29, 1.82) is 0 Å². The highest BCUT2D eigenvalue weighted by molar-refractivity contribution is 9.10. The van der Waals surface area contributed by atoms with E-state index in [4.69, 9.17) is 4.74 Å². The second-order valence-corrected chi connectivity index (χ2v) is 5.12. The van der Waals surface area contributed by atoms with E-state index < -0.39 is 6.10 Å². The van der Waals surface area contributed by atoms with Crippen molar-refractivity contribution in [1.82, 2.24) is 5.32 Å². The highest BCUT2D eigenvalue weighted by atomic mass is 79.9. The van der Waals surface area contributed by atoms with Crippen molar-refractivity contribution in [2.24, 2.45) is 0 Å². The first kappa shape index (κ1) is 12.9. The summed E-state index contributed by atoms with van der Waals surface area (Å²) in [5.74, 6) is 0.828. The largest absolute Gasteiger partial charge is 0.494 e. The molecule has 0 radical (unpaired) electrons. The maximum Gasteiger partial charge on any atom is 0.120 e. The van der Waals surface area contributed by atoms with Gasteiger partial charge in [-0.1, -0.05) is 22.0 Å². The molecule has 1 saturated heterocycles. The normalized spacial score (nSPS) is 21.5. The molecule has 1 aliphatic rings. The lowest BCUT2D eigenvalue weighted by Gasteiger charge is -2.20. The van der Waals surface area contributed by atoms with Crippen LogP contribution in [-0.4, -0.2) is 24.3 Å². The zero-order valence-electron chi connectivity index (χ0n) is 9.95. The van der Waals surface area contributed by atoms with Gasteiger partial charge < -0.3 is 15.2 Å². The van der Waals surface area contributed by atoms with Crippen LogP contribution in [0, 0.1) is 0 Å². The van der Waals surface area contributed by atoms with Crippen LogP contribution in [0.15, 0.2) is 22.7 Å². The van der Waals surface area contributed by atoms with Gasteiger partial charge in [-0.25, -0.2) is 0 Å². The van der Waals surface area contributed by atoms with E-state index in [1.165, 1.54) is 0 Å². The zero-order valence-corrected chi connectivity index (χ0v) is 11.5. The summed E-state index contributed by atoms with van der Waals surface area (Å²) in [6.07, 6.45) is 1.71. The summed E-state index contributed by atoms with van der Waals surface area (Å²) in [6.45, 7) is 3.61. The van der Waals surface area contributed by atoms with Gasteiger partial charge in [-0.2, -0.15) is 0 Å². The molecule has 1 fully saturated rings. The summed E-state index contributed by atoms with van der Waals surface area (Å²) in [5.41, 5.74) is 0.924. The number of aliphatic hydroxyl groups excluding tert-OH is 1. The first-order chi connectivity index (χ1) is 8.22. The first-order valence-electron chi connectivity index (χ1n) is 6.06. The Balaban J connectivity index is 2.14. The van der Waals surface area contributed by atoms with Crippen molar-refractivity contribution in [2.45, 2.75) is 31.9 Å². The predicted molar refractivity (Wildman–Crippen MR) is 71.3 cm³/mol. The number of hydrogen-bond donors (Lipinski definition) is 2. The lowest BCUT2D eigenvalue weighted by atomic mass is 10.0. The van der Waals surface area contributed by atoms with Crippen LogP contribution in [0.3, 0.4) is 0 Å². The Labute approximate surface area is 110 Å². The van der Waals surface area contributed by atoms with Crippen molar-refractivity contribution in [3.63, 3.8) is 0 Å². The smallest absolute Gasteiger partial charge is 0.120 e. The standard InChI is InChI=1S/C13H18BrNO2/c1-2-17-9-5-6-10(11(14)8-9)13(16)12-4-3-7-15-12/h5-6,8,12-13,15-16H,2-4,7H2,1H3. The van der Waals surface area contributed by atoms with Crippen LogP contribution in [0.2, 0.25) is 0 Å². The van der Waals surface area contributed by atoms with Crippen LogP contribution in [-0.2, 0) is 0 Å². The number of halogens is 1. The number of aliphatic hydroxyl groups is 1. The Morgan fingerprint density at radius 1 is 1.59 bits per heavy atom. The van der Waals surface area contributed by atoms with Crippen LogP contribution < -0.4 is 10.1 Å². The fraction of sp³-hybridized carbons (Fsp3) is 0.538. The molecule has 0 spiro atoms. The highest BCUT2D eigenvalue weighted by Gasteiger charge is 2.25. The quantitative estimate of drug-likeness (QED) is 0.898. The summed E-state index contributed by atoms with van der Waals surface area (Å²) < 4.78 is 6.33. The van der Waals surface area contributed by atoms with Crippen molar-refractivity contribution in [3.05, 3.63) is 28.2 Å². The molecule has 2 rings (SSSR count). The molecular weight excluding hydrogens is 282 g/mol. The molecule has 0 aromatic heterocycles. The first-order valence-corrected chi connectivity index (χ1v) is 6.85. The van der Waals surface area contributed by atoms with Gasteiger partial charge in [0.25, 0.3) is 0 Å². The molecule has 94 valence electrons. The molecule has 0 bridgehead atoms. The average Bonchev–Trinajstić information content (AvgIpc) is 2.82. The van der Waals surface area contributed by atoms with Crippen LogP contribution in [0.5, 0.6) is 5.75 Å². The van der Waals surface area contributed by atoms with Crippen molar-refractivity contribution in [2.75, 3.05) is 13.2 Å². The van der Waals surface area contributed by atoms with E-state index in [0.29, 0.717) is 6.61 Å². The molecule has 1 aromatic rings. The van der Waals surface area contributed by atoms with Crippen LogP contribution in [0.25, 0.3) is 0 Å². The zero-order chi connectivity index (χ0) is 12.3. The second-order valence-electron chi connectivity index (χ2n) is 4.26. The monoisotopic (exact) mass is 299 g/mol. The fourth-order valence-corrected chi connectivity index (χ4v) is 2.79. The summed E-state index contributed by atoms with van der Waals surface area (Å²) in [4.78, 5) is 0. The Morgan fingerprint density at radius 2 is 2.41 bits per heavy atom. The lowest BCUT2D eigenvalue weighted by Crippen LogP contribution is -2.28. The van der Waals surface area contributed by atoms with E-state index in [0.717, 1.165) is 35.2 Å². The van der Waals surface area contributed by atoms with Crippen molar-refractivity contribution < 1.29 is 9.84 Å². The molecule has 0 amide bonds. The van der Waals surface area contributed by atoms with E-state index in [1.807, 2.05) is 25.1 Å². The molecule has 0 aliphatic carbocycles. The summed E-state index contributed by atoms with van der Waals surface area (Å²) in [6, 6.07) is 5.92. The SMILES string of the molecule is CCOc1ccc(C(O)C2CCCN2)c(Br)c1. The minimum atomic E-state index is -0.456. The van der Waals surface area contributed by atoms with E-state index in [9.17, 15) is 5.11 Å². The third-order valence-corrected chi connectivity index (χ3v) is 3.77. The Hall–Kier alpha value is -0.580. The van der Waals surface area contributed by atoms with Crippen LogP contribution in [0.4, 0.5) is 0 Å². The van der Waals surface area contributed by atoms with Crippen molar-refractivity contribution >= 4 is 15.9 Å². The van der Waals surface area contributed by atoms with Gasteiger partial charge in [-0.15, -0.1) is 0 Å². The molecule has 17 heavy (non-hydrogen) atoms. The number of rotatable bonds is 4. The molecule has 1 aromatic carbocycles. The van der Waals surface area contributed by atoms with Crippen molar-refractivity contribution in [3.8, 4) is 5.75 Å². The van der Waals surface area contributed by atoms with Crippen LogP contribution in [0.1, 0.15) is 31.4 Å². The van der Waals surface area contributed by atoms with E-state index >= 15 is 0 Å². The van der Waals surface area contributed by atoms with Gasteiger partial charge in [-0.3, -0.25) is 0 Å². The van der Waals surface area contributed by atoms with Gasteiger partial charge in [0.1, 0.15) is 5.75 Å². The number of benzene rings is 1. The average molecular weight is 300 g/mol. The molecule has 1 aliphatic heterocycles. The molecule has 2 N–H and O–H groups in total. The highest BCUT2D eigenvalue weighted by Crippen LogP contribution is 2.31. The van der Waals surface area contributed by atoms with Gasteiger partial charge in [0, 0.05) is 10.5 Å². The maximum atomic E-state index is 10.3. The number of ether oxygens (including phenoxy) is 1. The minimum Gasteiger partial charge on any atom is -0.494 e. The predicted octanol–water partition coefficient (Wildman–Crippen LogP) is 2.63. The summed E-state index contributed by atoms with van der Waals surface area (Å²) >= 11 is 3.50. The summed E-state index contributed by atoms with van der Waals surface area (Å²) in [7, 11) is 0. The Morgan fingerprint density at radius 3 is 3.00 bits per heavy atom. The topological polar surface area (TPSA) is 41.5 Å². The fourth-order valence-electron chi connectivity index (χ4n) is 2.20. The molecule has 3 nitrogen and oxygen atoms in total. The Bertz CT molecular complexity index is 378. The van der Waals surface area contributed by atoms with Crippen LogP contribution >= 0.6 is 15.9 Å². The summed E-state index contributed by atoms with van der Waals surface area (Å²) in [5, 5.41) is 13.6. The van der Waals surface area contributed by atoms with E-state index in [1.54, 1.807) is 0 Å². The Kier molecular flexibility index (Phi) is 4.42. The molecule has 0 saturated carbocycles. The van der Waals surface area contributed by atoms with E-state index in [-0.39, 0.29) is 6.04 Å². The number of nitrogens with one attached hydrogen (secondary N) is 1. The van der Waals surface area contributed by atoms with Gasteiger partial charge in [-0.05, 0) is 44.0 Å². The third-order valence-electron chi connectivity index (χ3n) is 3.08. The molecular formula is C13H18BrNO2. The van der Waals surface area contributed by atoms with Gasteiger partial charge in [0.2, 0.25) is 0 Å². The molecule has 1 heterocycles. The number of hydrogen-bond acceptors (Lipinski definition) is 3. The minimum absolute atomic E-state index is 0.171. The third kappa shape index (κ3) is 3.00. The molecule has 2 unspecified atom stereocenters. The molecule has 4 heteroatoms. The van der Waals surface area contributed by atoms with Gasteiger partial charge >= 0.3 is 0 Å². The van der Waals surface area contributed by atoms with E-state index in [2.05, 4.69) is 21.2 Å². The maximum absolute atomic E-state index is 10.3. The van der Waals surface area contributed by atoms with Gasteiger partial charge in [0.15, 0.2) is 0 Å².